The Morgan fingerprint density at radius 3 is 1.66 bits per heavy atom. The van der Waals surface area contributed by atoms with Gasteiger partial charge in [-0.05, 0) is 155 Å². The van der Waals surface area contributed by atoms with Gasteiger partial charge in [-0.1, -0.05) is 132 Å². The van der Waals surface area contributed by atoms with Crippen molar-refractivity contribution in [2.75, 3.05) is 4.90 Å². The van der Waals surface area contributed by atoms with Crippen LogP contribution in [0.5, 0.6) is 0 Å². The van der Waals surface area contributed by atoms with Crippen LogP contribution in [-0.4, -0.2) is 0 Å². The molecule has 0 N–H and O–H groups in total. The van der Waals surface area contributed by atoms with Gasteiger partial charge >= 0.3 is 0 Å². The molecule has 5 aromatic rings. The zero-order valence-corrected chi connectivity index (χ0v) is 32.1. The molecule has 3 atom stereocenters. The van der Waals surface area contributed by atoms with Crippen LogP contribution >= 0.6 is 0 Å². The van der Waals surface area contributed by atoms with Gasteiger partial charge in [0.15, 0.2) is 0 Å². The second kappa shape index (κ2) is 13.6. The summed E-state index contributed by atoms with van der Waals surface area (Å²) in [5.41, 5.74) is 16.6. The van der Waals surface area contributed by atoms with Crippen LogP contribution in [0.1, 0.15) is 149 Å². The van der Waals surface area contributed by atoms with Crippen LogP contribution in [0.2, 0.25) is 0 Å². The highest BCUT2D eigenvalue weighted by Crippen LogP contribution is 2.55. The predicted octanol–water partition coefficient (Wildman–Crippen LogP) is 15.1. The quantitative estimate of drug-likeness (QED) is 0.164. The van der Waals surface area contributed by atoms with Crippen LogP contribution in [0.15, 0.2) is 109 Å². The SMILES string of the molecule is CC1(C)c2ccccc2-c2cc(-c3ccc(C4CCCCC4)cc3)c(N(c3ccc(C4CCCCC4)cc3)c3ccc(C4CC5CCC4C5)cc3)cc21. The maximum absolute atomic E-state index is 2.60. The van der Waals surface area contributed by atoms with E-state index in [4.69, 9.17) is 0 Å². The summed E-state index contributed by atoms with van der Waals surface area (Å²) < 4.78 is 0. The summed E-state index contributed by atoms with van der Waals surface area (Å²) in [5.74, 6) is 3.99. The van der Waals surface area contributed by atoms with Gasteiger partial charge in [0, 0.05) is 22.4 Å². The molecule has 5 aromatic carbocycles. The second-order valence-electron chi connectivity index (χ2n) is 18.2. The van der Waals surface area contributed by atoms with Crippen molar-refractivity contribution in [3.63, 3.8) is 0 Å². The third kappa shape index (κ3) is 5.98. The topological polar surface area (TPSA) is 3.24 Å². The molecule has 4 fully saturated rings. The van der Waals surface area contributed by atoms with E-state index in [1.165, 1.54) is 151 Å². The molecule has 1 heteroatoms. The van der Waals surface area contributed by atoms with Gasteiger partial charge in [-0.25, -0.2) is 0 Å². The number of nitrogens with zero attached hydrogens (tertiary/aromatic N) is 1. The first-order chi connectivity index (χ1) is 26.0. The molecule has 10 rings (SSSR count). The normalized spacial score (nSPS) is 23.5. The summed E-state index contributed by atoms with van der Waals surface area (Å²) in [6.45, 7) is 4.85. The van der Waals surface area contributed by atoms with Crippen LogP contribution in [0, 0.1) is 11.8 Å². The fourth-order valence-corrected chi connectivity index (χ4v) is 11.8. The summed E-state index contributed by atoms with van der Waals surface area (Å²) in [4.78, 5) is 2.60. The smallest absolute Gasteiger partial charge is 0.0543 e. The minimum atomic E-state index is -0.0772. The zero-order valence-electron chi connectivity index (χ0n) is 32.1. The molecular weight excluding hydrogens is 639 g/mol. The van der Waals surface area contributed by atoms with Crippen molar-refractivity contribution in [3.05, 3.63) is 137 Å². The minimum Gasteiger partial charge on any atom is -0.310 e. The first kappa shape index (κ1) is 33.5. The molecular formula is C52H57N. The molecule has 0 aliphatic heterocycles. The van der Waals surface area contributed by atoms with Crippen LogP contribution < -0.4 is 4.90 Å². The summed E-state index contributed by atoms with van der Waals surface area (Å²) >= 11 is 0. The molecule has 2 bridgehead atoms. The lowest BCUT2D eigenvalue weighted by atomic mass is 9.81. The Labute approximate surface area is 318 Å². The number of anilines is 3. The summed E-state index contributed by atoms with van der Waals surface area (Å²) in [6, 6.07) is 43.6. The Kier molecular flexibility index (Phi) is 8.61. The van der Waals surface area contributed by atoms with E-state index in [1.54, 1.807) is 5.56 Å². The summed E-state index contributed by atoms with van der Waals surface area (Å²) in [7, 11) is 0. The Hall–Kier alpha value is -4.10. The number of benzene rings is 5. The van der Waals surface area contributed by atoms with Crippen molar-refractivity contribution in [2.45, 2.75) is 127 Å². The Morgan fingerprint density at radius 1 is 0.491 bits per heavy atom. The molecule has 53 heavy (non-hydrogen) atoms. The third-order valence-corrected chi connectivity index (χ3v) is 14.8. The molecule has 0 amide bonds. The van der Waals surface area contributed by atoms with Crippen LogP contribution in [0.25, 0.3) is 22.3 Å². The van der Waals surface area contributed by atoms with E-state index < -0.39 is 0 Å². The van der Waals surface area contributed by atoms with Crippen molar-refractivity contribution < 1.29 is 0 Å². The lowest BCUT2D eigenvalue weighted by molar-refractivity contribution is 0.420. The van der Waals surface area contributed by atoms with Crippen molar-refractivity contribution in [1.29, 1.82) is 0 Å². The lowest BCUT2D eigenvalue weighted by Crippen LogP contribution is -2.17. The van der Waals surface area contributed by atoms with Crippen molar-refractivity contribution in [1.82, 2.24) is 0 Å². The maximum Gasteiger partial charge on any atom is 0.0543 e. The molecule has 1 nitrogen and oxygen atoms in total. The van der Waals surface area contributed by atoms with Gasteiger partial charge in [0.25, 0.3) is 0 Å². The van der Waals surface area contributed by atoms with E-state index in [2.05, 4.69) is 128 Å². The molecule has 270 valence electrons. The average molecular weight is 696 g/mol. The molecule has 4 saturated carbocycles. The molecule has 0 spiro atoms. The molecule has 3 unspecified atom stereocenters. The van der Waals surface area contributed by atoms with Crippen molar-refractivity contribution in [2.24, 2.45) is 11.8 Å². The Bertz CT molecular complexity index is 2070. The van der Waals surface area contributed by atoms with Crippen molar-refractivity contribution in [3.8, 4) is 22.3 Å². The highest BCUT2D eigenvalue weighted by molar-refractivity contribution is 5.94. The standard InChI is InChI=1S/C52H57N/c1-52(2)49-16-10-9-15-45(49)48-33-47(41-21-19-38(20-22-41)36-11-5-3-6-12-36)51(34-50(48)52)53(43-27-23-39(24-28-43)37-13-7-4-8-14-37)44-29-25-40(26-30-44)46-32-35-17-18-42(46)31-35/h9-10,15-16,19-30,33-37,42,46H,3-8,11-14,17-18,31-32H2,1-2H3. The van der Waals surface area contributed by atoms with E-state index in [-0.39, 0.29) is 5.41 Å². The van der Waals surface area contributed by atoms with Crippen LogP contribution in [-0.2, 0) is 5.41 Å². The fraction of sp³-hybridized carbons (Fsp3) is 0.423. The number of hydrogen-bond donors (Lipinski definition) is 0. The molecule has 0 saturated heterocycles. The van der Waals surface area contributed by atoms with E-state index in [0.29, 0.717) is 11.8 Å². The maximum atomic E-state index is 2.60. The first-order valence-corrected chi connectivity index (χ1v) is 21.4. The molecule has 0 heterocycles. The summed E-state index contributed by atoms with van der Waals surface area (Å²) in [5, 5.41) is 0. The van der Waals surface area contributed by atoms with E-state index in [1.807, 2.05) is 0 Å². The number of rotatable bonds is 7. The molecule has 5 aliphatic carbocycles. The van der Waals surface area contributed by atoms with Gasteiger partial charge in [0.1, 0.15) is 0 Å². The van der Waals surface area contributed by atoms with Crippen molar-refractivity contribution >= 4 is 17.1 Å². The number of fused-ring (bicyclic) bond motifs is 5. The fourth-order valence-electron chi connectivity index (χ4n) is 11.8. The van der Waals surface area contributed by atoms with Gasteiger partial charge < -0.3 is 4.90 Å². The second-order valence-corrected chi connectivity index (χ2v) is 18.2. The summed E-state index contributed by atoms with van der Waals surface area (Å²) in [6.07, 6.45) is 19.3. The Morgan fingerprint density at radius 2 is 1.08 bits per heavy atom. The lowest BCUT2D eigenvalue weighted by Gasteiger charge is -2.31. The molecule has 0 aromatic heterocycles. The zero-order chi connectivity index (χ0) is 35.5. The first-order valence-electron chi connectivity index (χ1n) is 21.4. The number of hydrogen-bond acceptors (Lipinski definition) is 1. The molecule has 5 aliphatic rings. The van der Waals surface area contributed by atoms with Gasteiger partial charge in [-0.15, -0.1) is 0 Å². The van der Waals surface area contributed by atoms with Gasteiger partial charge in [0.2, 0.25) is 0 Å². The predicted molar refractivity (Wildman–Crippen MR) is 224 cm³/mol. The largest absolute Gasteiger partial charge is 0.310 e. The molecule has 0 radical (unpaired) electrons. The highest BCUT2D eigenvalue weighted by Gasteiger charge is 2.40. The van der Waals surface area contributed by atoms with Gasteiger partial charge in [-0.3, -0.25) is 0 Å². The van der Waals surface area contributed by atoms with E-state index in [9.17, 15) is 0 Å². The van der Waals surface area contributed by atoms with Gasteiger partial charge in [-0.2, -0.15) is 0 Å². The van der Waals surface area contributed by atoms with Crippen LogP contribution in [0.3, 0.4) is 0 Å². The highest BCUT2D eigenvalue weighted by atomic mass is 15.1. The average Bonchev–Trinajstić information content (AvgIpc) is 3.92. The van der Waals surface area contributed by atoms with E-state index >= 15 is 0 Å². The third-order valence-electron chi connectivity index (χ3n) is 14.8. The van der Waals surface area contributed by atoms with Gasteiger partial charge in [0.05, 0.1) is 5.69 Å². The van der Waals surface area contributed by atoms with Crippen LogP contribution in [0.4, 0.5) is 17.1 Å². The minimum absolute atomic E-state index is 0.0772. The van der Waals surface area contributed by atoms with E-state index in [0.717, 1.165) is 17.8 Å². The monoisotopic (exact) mass is 695 g/mol. The Balaban J connectivity index is 1.12.